The lowest BCUT2D eigenvalue weighted by molar-refractivity contribution is -0.131. The second-order valence-corrected chi connectivity index (χ2v) is 6.08. The average molecular weight is 253 g/mol. The zero-order valence-corrected chi connectivity index (χ0v) is 11.7. The van der Waals surface area contributed by atoms with Crippen LogP contribution >= 0.6 is 0 Å². The molecule has 2 aliphatic rings. The standard InChI is InChI=1S/C14H23NO3/c1-9(2)12(16)14-7-5-11(6-8-14)15(14)13(17)18-10(3)4/h9-11H,5-8H2,1-4H3. The molecule has 2 bridgehead atoms. The van der Waals surface area contributed by atoms with Crippen molar-refractivity contribution >= 4 is 11.9 Å². The van der Waals surface area contributed by atoms with Crippen LogP contribution in [0.3, 0.4) is 0 Å². The molecule has 4 heteroatoms. The average Bonchev–Trinajstić information content (AvgIpc) is 2.82. The zero-order chi connectivity index (χ0) is 13.5. The van der Waals surface area contributed by atoms with Crippen molar-refractivity contribution in [3.05, 3.63) is 0 Å². The van der Waals surface area contributed by atoms with Crippen molar-refractivity contribution in [3.63, 3.8) is 0 Å². The minimum atomic E-state index is -0.565. The van der Waals surface area contributed by atoms with Gasteiger partial charge in [-0.15, -0.1) is 0 Å². The lowest BCUT2D eigenvalue weighted by Gasteiger charge is -2.34. The monoisotopic (exact) mass is 253 g/mol. The summed E-state index contributed by atoms with van der Waals surface area (Å²) in [6.07, 6.45) is 3.05. The Morgan fingerprint density at radius 3 is 2.17 bits per heavy atom. The zero-order valence-electron chi connectivity index (χ0n) is 11.7. The third-order valence-electron chi connectivity index (χ3n) is 4.12. The highest BCUT2D eigenvalue weighted by atomic mass is 16.6. The highest BCUT2D eigenvalue weighted by Crippen LogP contribution is 2.48. The van der Waals surface area contributed by atoms with Crippen LogP contribution in [0.2, 0.25) is 0 Å². The third-order valence-corrected chi connectivity index (χ3v) is 4.12. The largest absolute Gasteiger partial charge is 0.447 e. The predicted molar refractivity (Wildman–Crippen MR) is 68.3 cm³/mol. The molecule has 0 aliphatic carbocycles. The number of fused-ring (bicyclic) bond motifs is 2. The van der Waals surface area contributed by atoms with E-state index in [2.05, 4.69) is 0 Å². The Morgan fingerprint density at radius 1 is 1.17 bits per heavy atom. The minimum absolute atomic E-state index is 0.0313. The molecule has 0 aromatic carbocycles. The van der Waals surface area contributed by atoms with Crippen molar-refractivity contribution in [1.82, 2.24) is 4.90 Å². The van der Waals surface area contributed by atoms with Crippen molar-refractivity contribution in [1.29, 1.82) is 0 Å². The summed E-state index contributed by atoms with van der Waals surface area (Å²) in [5.41, 5.74) is -0.565. The number of carbonyl (C=O) groups is 2. The van der Waals surface area contributed by atoms with Crippen molar-refractivity contribution < 1.29 is 14.3 Å². The molecule has 2 saturated heterocycles. The first-order valence-electron chi connectivity index (χ1n) is 6.93. The van der Waals surface area contributed by atoms with Crippen LogP contribution in [-0.4, -0.2) is 34.5 Å². The summed E-state index contributed by atoms with van der Waals surface area (Å²) in [5.74, 6) is 0.166. The molecule has 0 atom stereocenters. The molecule has 0 spiro atoms. The summed E-state index contributed by atoms with van der Waals surface area (Å²) in [6.45, 7) is 7.50. The fourth-order valence-corrected chi connectivity index (χ4v) is 3.41. The van der Waals surface area contributed by atoms with E-state index in [-0.39, 0.29) is 29.9 Å². The van der Waals surface area contributed by atoms with Gasteiger partial charge in [-0.3, -0.25) is 9.69 Å². The Hall–Kier alpha value is -1.06. The number of rotatable bonds is 3. The van der Waals surface area contributed by atoms with Crippen LogP contribution in [0.4, 0.5) is 4.79 Å². The Bertz CT molecular complexity index is 354. The van der Waals surface area contributed by atoms with E-state index in [0.29, 0.717) is 0 Å². The van der Waals surface area contributed by atoms with E-state index >= 15 is 0 Å². The molecule has 102 valence electrons. The first kappa shape index (κ1) is 13.4. The summed E-state index contributed by atoms with van der Waals surface area (Å²) in [4.78, 5) is 26.4. The number of carbonyl (C=O) groups excluding carboxylic acids is 2. The van der Waals surface area contributed by atoms with Gasteiger partial charge in [-0.2, -0.15) is 0 Å². The van der Waals surface area contributed by atoms with E-state index < -0.39 is 5.54 Å². The second kappa shape index (κ2) is 4.56. The molecule has 1 amide bonds. The van der Waals surface area contributed by atoms with Gasteiger partial charge in [0.25, 0.3) is 0 Å². The molecular formula is C14H23NO3. The van der Waals surface area contributed by atoms with E-state index in [1.807, 2.05) is 27.7 Å². The highest BCUT2D eigenvalue weighted by Gasteiger charge is 2.59. The van der Waals surface area contributed by atoms with Gasteiger partial charge < -0.3 is 4.74 Å². The van der Waals surface area contributed by atoms with Gasteiger partial charge in [-0.25, -0.2) is 4.79 Å². The van der Waals surface area contributed by atoms with Crippen LogP contribution in [0.5, 0.6) is 0 Å². The predicted octanol–water partition coefficient (Wildman–Crippen LogP) is 2.75. The van der Waals surface area contributed by atoms with Gasteiger partial charge in [0.1, 0.15) is 5.54 Å². The summed E-state index contributed by atoms with van der Waals surface area (Å²) in [6, 6.07) is 0.207. The molecule has 2 aliphatic heterocycles. The summed E-state index contributed by atoms with van der Waals surface area (Å²) in [7, 11) is 0. The fraction of sp³-hybridized carbons (Fsp3) is 0.857. The number of ether oxygens (including phenoxy) is 1. The van der Waals surface area contributed by atoms with E-state index in [9.17, 15) is 9.59 Å². The maximum absolute atomic E-state index is 12.5. The smallest absolute Gasteiger partial charge is 0.411 e. The van der Waals surface area contributed by atoms with Crippen LogP contribution in [0.1, 0.15) is 53.4 Å². The second-order valence-electron chi connectivity index (χ2n) is 6.08. The Labute approximate surface area is 109 Å². The van der Waals surface area contributed by atoms with Crippen molar-refractivity contribution in [2.75, 3.05) is 0 Å². The maximum atomic E-state index is 12.5. The van der Waals surface area contributed by atoms with Crippen LogP contribution in [0, 0.1) is 5.92 Å². The summed E-state index contributed by atoms with van der Waals surface area (Å²) >= 11 is 0. The molecule has 2 rings (SSSR count). The number of nitrogens with zero attached hydrogens (tertiary/aromatic N) is 1. The quantitative estimate of drug-likeness (QED) is 0.777. The van der Waals surface area contributed by atoms with Crippen LogP contribution in [-0.2, 0) is 9.53 Å². The van der Waals surface area contributed by atoms with E-state index in [1.165, 1.54) is 0 Å². The number of amides is 1. The molecule has 0 N–H and O–H groups in total. The Kier molecular flexibility index (Phi) is 3.39. The van der Waals surface area contributed by atoms with Gasteiger partial charge in [-0.1, -0.05) is 13.8 Å². The van der Waals surface area contributed by atoms with Crippen LogP contribution < -0.4 is 0 Å². The SMILES string of the molecule is CC(C)OC(=O)N1C2CCC1(C(=O)C(C)C)CC2. The lowest BCUT2D eigenvalue weighted by atomic mass is 9.80. The van der Waals surface area contributed by atoms with Crippen LogP contribution in [0.15, 0.2) is 0 Å². The molecule has 0 radical (unpaired) electrons. The molecule has 4 nitrogen and oxygen atoms in total. The van der Waals surface area contributed by atoms with Crippen molar-refractivity contribution in [2.45, 2.75) is 71.1 Å². The molecule has 0 aromatic heterocycles. The first-order valence-corrected chi connectivity index (χ1v) is 6.93. The topological polar surface area (TPSA) is 46.6 Å². The molecule has 2 heterocycles. The number of hydrogen-bond acceptors (Lipinski definition) is 3. The fourth-order valence-electron chi connectivity index (χ4n) is 3.41. The van der Waals surface area contributed by atoms with Gasteiger partial charge in [0, 0.05) is 12.0 Å². The van der Waals surface area contributed by atoms with Crippen LogP contribution in [0.25, 0.3) is 0 Å². The molecule has 2 fully saturated rings. The normalized spacial score (nSPS) is 30.3. The molecule has 0 aromatic rings. The highest BCUT2D eigenvalue weighted by molar-refractivity contribution is 5.94. The number of hydrogen-bond donors (Lipinski definition) is 0. The van der Waals surface area contributed by atoms with Crippen molar-refractivity contribution in [2.24, 2.45) is 5.92 Å². The molecule has 0 unspecified atom stereocenters. The van der Waals surface area contributed by atoms with Gasteiger partial charge in [0.05, 0.1) is 6.10 Å². The minimum Gasteiger partial charge on any atom is -0.447 e. The van der Waals surface area contributed by atoms with Gasteiger partial charge in [-0.05, 0) is 39.5 Å². The molecular weight excluding hydrogens is 230 g/mol. The van der Waals surface area contributed by atoms with Gasteiger partial charge >= 0.3 is 6.09 Å². The van der Waals surface area contributed by atoms with Crippen molar-refractivity contribution in [3.8, 4) is 0 Å². The molecule has 0 saturated carbocycles. The van der Waals surface area contributed by atoms with E-state index in [4.69, 9.17) is 4.74 Å². The third kappa shape index (κ3) is 1.91. The Morgan fingerprint density at radius 2 is 1.72 bits per heavy atom. The van der Waals surface area contributed by atoms with E-state index in [1.54, 1.807) is 4.90 Å². The summed E-state index contributed by atoms with van der Waals surface area (Å²) < 4.78 is 5.30. The van der Waals surface area contributed by atoms with Gasteiger partial charge in [0.2, 0.25) is 0 Å². The molecule has 18 heavy (non-hydrogen) atoms. The summed E-state index contributed by atoms with van der Waals surface area (Å²) in [5, 5.41) is 0. The number of ketones is 1. The lowest BCUT2D eigenvalue weighted by Crippen LogP contribution is -2.52. The first-order chi connectivity index (χ1) is 8.38. The number of Topliss-reactive ketones (excluding diaryl/α,β-unsaturated/α-hetero) is 1. The Balaban J connectivity index is 2.24. The van der Waals surface area contributed by atoms with E-state index in [0.717, 1.165) is 25.7 Å². The van der Waals surface area contributed by atoms with Gasteiger partial charge in [0.15, 0.2) is 5.78 Å². The maximum Gasteiger partial charge on any atom is 0.411 e.